The number of aromatic nitrogens is 2. The number of hydrogen-bond donors (Lipinski definition) is 0. The molecule has 110 valence electrons. The first-order valence-corrected chi connectivity index (χ1v) is 7.98. The van der Waals surface area contributed by atoms with Gasteiger partial charge in [-0.1, -0.05) is 12.8 Å². The molecule has 0 amide bonds. The van der Waals surface area contributed by atoms with Gasteiger partial charge in [-0.25, -0.2) is 4.98 Å². The average molecular weight is 275 g/mol. The summed E-state index contributed by atoms with van der Waals surface area (Å²) in [5.41, 5.74) is 1.32. The summed E-state index contributed by atoms with van der Waals surface area (Å²) in [6.45, 7) is 3.79. The Morgan fingerprint density at radius 2 is 2.15 bits per heavy atom. The molecular formula is C16H25N3O. The maximum atomic E-state index is 11.5. The summed E-state index contributed by atoms with van der Waals surface area (Å²) in [5, 5.41) is 0. The van der Waals surface area contributed by atoms with Crippen molar-refractivity contribution in [1.82, 2.24) is 14.5 Å². The Morgan fingerprint density at radius 3 is 2.90 bits per heavy atom. The lowest BCUT2D eigenvalue weighted by Gasteiger charge is -2.29. The van der Waals surface area contributed by atoms with Crippen LogP contribution in [-0.4, -0.2) is 32.8 Å². The SMILES string of the molecule is CC(=O)CC1CCCCCN1Cc1cncn1C1CC1. The summed E-state index contributed by atoms with van der Waals surface area (Å²) in [4.78, 5) is 18.4. The van der Waals surface area contributed by atoms with Gasteiger partial charge in [0.05, 0.1) is 12.0 Å². The number of Topliss-reactive ketones (excluding diaryl/α,β-unsaturated/α-hetero) is 1. The molecule has 2 heterocycles. The van der Waals surface area contributed by atoms with E-state index in [9.17, 15) is 4.79 Å². The Morgan fingerprint density at radius 1 is 1.30 bits per heavy atom. The number of likely N-dealkylation sites (tertiary alicyclic amines) is 1. The maximum absolute atomic E-state index is 11.5. The van der Waals surface area contributed by atoms with Crippen LogP contribution in [0.4, 0.5) is 0 Å². The van der Waals surface area contributed by atoms with Crippen LogP contribution in [-0.2, 0) is 11.3 Å². The van der Waals surface area contributed by atoms with Crippen LogP contribution in [0.2, 0.25) is 0 Å². The number of carbonyl (C=O) groups excluding carboxylic acids is 1. The maximum Gasteiger partial charge on any atom is 0.131 e. The van der Waals surface area contributed by atoms with E-state index in [1.807, 2.05) is 12.5 Å². The van der Waals surface area contributed by atoms with Gasteiger partial charge in [-0.3, -0.25) is 9.69 Å². The molecule has 0 aromatic carbocycles. The van der Waals surface area contributed by atoms with E-state index in [4.69, 9.17) is 0 Å². The molecule has 0 N–H and O–H groups in total. The molecule has 0 bridgehead atoms. The first-order valence-electron chi connectivity index (χ1n) is 7.98. The molecule has 20 heavy (non-hydrogen) atoms. The number of carbonyl (C=O) groups is 1. The Kier molecular flexibility index (Phi) is 4.20. The van der Waals surface area contributed by atoms with Crippen molar-refractivity contribution >= 4 is 5.78 Å². The van der Waals surface area contributed by atoms with E-state index in [-0.39, 0.29) is 0 Å². The summed E-state index contributed by atoms with van der Waals surface area (Å²) in [6, 6.07) is 1.11. The third kappa shape index (κ3) is 3.29. The van der Waals surface area contributed by atoms with Gasteiger partial charge in [0, 0.05) is 31.2 Å². The minimum Gasteiger partial charge on any atom is -0.330 e. The van der Waals surface area contributed by atoms with Crippen molar-refractivity contribution in [3.63, 3.8) is 0 Å². The first kappa shape index (κ1) is 13.8. The number of ketones is 1. The standard InChI is InChI=1S/C16H25N3O/c1-13(20)9-15-5-3-2-4-8-18(15)11-16-10-17-12-19(16)14-6-7-14/h10,12,14-15H,2-9,11H2,1H3. The molecular weight excluding hydrogens is 250 g/mol. The first-order chi connectivity index (χ1) is 9.74. The van der Waals surface area contributed by atoms with E-state index >= 15 is 0 Å². The number of imidazole rings is 1. The molecule has 1 atom stereocenters. The predicted octanol–water partition coefficient (Wildman–Crippen LogP) is 2.94. The molecule has 1 aromatic rings. The molecule has 1 saturated carbocycles. The van der Waals surface area contributed by atoms with Crippen LogP contribution in [0, 0.1) is 0 Å². The van der Waals surface area contributed by atoms with Gasteiger partial charge in [0.1, 0.15) is 5.78 Å². The molecule has 1 aliphatic heterocycles. The van der Waals surface area contributed by atoms with E-state index in [2.05, 4.69) is 14.5 Å². The molecule has 1 aliphatic carbocycles. The molecule has 1 saturated heterocycles. The van der Waals surface area contributed by atoms with Gasteiger partial charge >= 0.3 is 0 Å². The summed E-state index contributed by atoms with van der Waals surface area (Å²) in [7, 11) is 0. The summed E-state index contributed by atoms with van der Waals surface area (Å²) >= 11 is 0. The van der Waals surface area contributed by atoms with Crippen LogP contribution in [0.5, 0.6) is 0 Å². The number of hydrogen-bond acceptors (Lipinski definition) is 3. The second kappa shape index (κ2) is 6.08. The van der Waals surface area contributed by atoms with E-state index < -0.39 is 0 Å². The van der Waals surface area contributed by atoms with Crippen LogP contribution in [0.25, 0.3) is 0 Å². The Hall–Kier alpha value is -1.16. The third-order valence-electron chi connectivity index (χ3n) is 4.57. The van der Waals surface area contributed by atoms with Gasteiger partial charge < -0.3 is 4.57 Å². The van der Waals surface area contributed by atoms with Crippen molar-refractivity contribution in [3.05, 3.63) is 18.2 Å². The summed E-state index contributed by atoms with van der Waals surface area (Å²) in [6.07, 6.45) is 12.3. The lowest BCUT2D eigenvalue weighted by molar-refractivity contribution is -0.118. The van der Waals surface area contributed by atoms with Crippen molar-refractivity contribution in [2.45, 2.75) is 70.5 Å². The Balaban J connectivity index is 1.71. The topological polar surface area (TPSA) is 38.1 Å². The van der Waals surface area contributed by atoms with Gasteiger partial charge in [-0.15, -0.1) is 0 Å². The largest absolute Gasteiger partial charge is 0.330 e. The minimum absolute atomic E-state index is 0.317. The molecule has 2 fully saturated rings. The van der Waals surface area contributed by atoms with Crippen molar-refractivity contribution in [1.29, 1.82) is 0 Å². The highest BCUT2D eigenvalue weighted by molar-refractivity contribution is 5.76. The van der Waals surface area contributed by atoms with E-state index in [1.165, 1.54) is 37.8 Å². The van der Waals surface area contributed by atoms with Crippen molar-refractivity contribution in [3.8, 4) is 0 Å². The summed E-state index contributed by atoms with van der Waals surface area (Å²) < 4.78 is 2.34. The lowest BCUT2D eigenvalue weighted by atomic mass is 10.0. The molecule has 4 nitrogen and oxygen atoms in total. The minimum atomic E-state index is 0.317. The smallest absolute Gasteiger partial charge is 0.131 e. The molecule has 1 unspecified atom stereocenters. The van der Waals surface area contributed by atoms with Crippen LogP contribution >= 0.6 is 0 Å². The van der Waals surface area contributed by atoms with Gasteiger partial charge in [0.25, 0.3) is 0 Å². The van der Waals surface area contributed by atoms with Crippen LogP contribution in [0.15, 0.2) is 12.5 Å². The predicted molar refractivity (Wildman–Crippen MR) is 78.5 cm³/mol. The van der Waals surface area contributed by atoms with Crippen LogP contribution in [0.1, 0.15) is 63.6 Å². The van der Waals surface area contributed by atoms with Gasteiger partial charge in [-0.05, 0) is 39.2 Å². The van der Waals surface area contributed by atoms with Crippen molar-refractivity contribution in [2.24, 2.45) is 0 Å². The zero-order valence-corrected chi connectivity index (χ0v) is 12.4. The fraction of sp³-hybridized carbons (Fsp3) is 0.750. The molecule has 3 rings (SSSR count). The van der Waals surface area contributed by atoms with Crippen LogP contribution in [0.3, 0.4) is 0 Å². The third-order valence-corrected chi connectivity index (χ3v) is 4.57. The molecule has 4 heteroatoms. The highest BCUT2D eigenvalue weighted by atomic mass is 16.1. The van der Waals surface area contributed by atoms with Crippen LogP contribution < -0.4 is 0 Å². The Bertz CT molecular complexity index is 464. The number of nitrogens with zero attached hydrogens (tertiary/aromatic N) is 3. The summed E-state index contributed by atoms with van der Waals surface area (Å²) in [5.74, 6) is 0.317. The molecule has 2 aliphatic rings. The fourth-order valence-corrected chi connectivity index (χ4v) is 3.35. The van der Waals surface area contributed by atoms with Crippen molar-refractivity contribution < 1.29 is 4.79 Å². The normalized spacial score (nSPS) is 24.6. The van der Waals surface area contributed by atoms with E-state index in [1.54, 1.807) is 6.92 Å². The average Bonchev–Trinajstić information content (AvgIpc) is 3.18. The zero-order chi connectivity index (χ0) is 13.9. The quantitative estimate of drug-likeness (QED) is 0.829. The Labute approximate surface area is 121 Å². The molecule has 0 spiro atoms. The second-order valence-corrected chi connectivity index (χ2v) is 6.40. The monoisotopic (exact) mass is 275 g/mol. The zero-order valence-electron chi connectivity index (χ0n) is 12.4. The highest BCUT2D eigenvalue weighted by Gasteiger charge is 2.28. The highest BCUT2D eigenvalue weighted by Crippen LogP contribution is 2.36. The van der Waals surface area contributed by atoms with Gasteiger partial charge in [0.2, 0.25) is 0 Å². The van der Waals surface area contributed by atoms with E-state index in [0.717, 1.165) is 19.5 Å². The second-order valence-electron chi connectivity index (χ2n) is 6.40. The van der Waals surface area contributed by atoms with Gasteiger partial charge in [-0.2, -0.15) is 0 Å². The van der Waals surface area contributed by atoms with Crippen molar-refractivity contribution in [2.75, 3.05) is 6.54 Å². The fourth-order valence-electron chi connectivity index (χ4n) is 3.35. The molecule has 0 radical (unpaired) electrons. The number of rotatable bonds is 5. The van der Waals surface area contributed by atoms with E-state index in [0.29, 0.717) is 24.3 Å². The molecule has 1 aromatic heterocycles. The lowest BCUT2D eigenvalue weighted by Crippen LogP contribution is -2.36. The van der Waals surface area contributed by atoms with Gasteiger partial charge in [0.15, 0.2) is 0 Å².